The van der Waals surface area contributed by atoms with Crippen molar-refractivity contribution in [3.8, 4) is 12.3 Å². The lowest BCUT2D eigenvalue weighted by Crippen LogP contribution is -2.36. The minimum absolute atomic E-state index is 0.145. The van der Waals surface area contributed by atoms with Crippen LogP contribution in [0.25, 0.3) is 0 Å². The highest BCUT2D eigenvalue weighted by atomic mass is 19.1. The van der Waals surface area contributed by atoms with E-state index in [9.17, 15) is 9.18 Å². The lowest BCUT2D eigenvalue weighted by atomic mass is 10.2. The van der Waals surface area contributed by atoms with Gasteiger partial charge in [0, 0.05) is 6.54 Å². The fourth-order valence-corrected chi connectivity index (χ4v) is 2.00. The van der Waals surface area contributed by atoms with Crippen LogP contribution in [0.5, 0.6) is 0 Å². The van der Waals surface area contributed by atoms with Gasteiger partial charge in [-0.3, -0.25) is 9.69 Å². The third kappa shape index (κ3) is 5.08. The fourth-order valence-electron chi connectivity index (χ4n) is 2.00. The van der Waals surface area contributed by atoms with Gasteiger partial charge in [-0.05, 0) is 29.8 Å². The van der Waals surface area contributed by atoms with Crippen molar-refractivity contribution in [2.24, 2.45) is 0 Å². The molecular weight excluding hydrogens is 283 g/mol. The van der Waals surface area contributed by atoms with Gasteiger partial charge in [-0.2, -0.15) is 0 Å². The van der Waals surface area contributed by atoms with Crippen LogP contribution in [0.4, 0.5) is 4.39 Å². The second kappa shape index (κ2) is 8.01. The van der Waals surface area contributed by atoms with E-state index in [1.165, 1.54) is 12.1 Å². The smallest absolute Gasteiger partial charge is 0.234 e. The van der Waals surface area contributed by atoms with Crippen LogP contribution in [0.1, 0.15) is 11.3 Å². The molecule has 0 atom stereocenters. The molecule has 4 nitrogen and oxygen atoms in total. The number of furan rings is 1. The van der Waals surface area contributed by atoms with Gasteiger partial charge >= 0.3 is 0 Å². The highest BCUT2D eigenvalue weighted by Gasteiger charge is 2.11. The zero-order valence-electron chi connectivity index (χ0n) is 12.1. The van der Waals surface area contributed by atoms with Crippen molar-refractivity contribution in [1.82, 2.24) is 10.2 Å². The Hall–Kier alpha value is -2.58. The number of nitrogens with one attached hydrogen (secondary N) is 1. The Balaban J connectivity index is 1.86. The van der Waals surface area contributed by atoms with Gasteiger partial charge in [0.2, 0.25) is 5.91 Å². The summed E-state index contributed by atoms with van der Waals surface area (Å²) in [5.41, 5.74) is 0.899. The number of amides is 1. The highest BCUT2D eigenvalue weighted by molar-refractivity contribution is 5.77. The largest absolute Gasteiger partial charge is 0.467 e. The number of rotatable bonds is 7. The molecule has 1 aromatic heterocycles. The van der Waals surface area contributed by atoms with Crippen molar-refractivity contribution in [2.45, 2.75) is 13.1 Å². The van der Waals surface area contributed by atoms with Crippen LogP contribution in [0.2, 0.25) is 0 Å². The Morgan fingerprint density at radius 1 is 1.32 bits per heavy atom. The van der Waals surface area contributed by atoms with Crippen molar-refractivity contribution in [3.63, 3.8) is 0 Å². The van der Waals surface area contributed by atoms with Gasteiger partial charge in [0.1, 0.15) is 11.6 Å². The van der Waals surface area contributed by atoms with Crippen molar-refractivity contribution in [3.05, 3.63) is 59.8 Å². The quantitative estimate of drug-likeness (QED) is 0.797. The van der Waals surface area contributed by atoms with Gasteiger partial charge in [-0.15, -0.1) is 6.42 Å². The summed E-state index contributed by atoms with van der Waals surface area (Å²) in [6, 6.07) is 9.69. The standard InChI is InChI=1S/C17H17FN2O2/c1-2-9-20(12-14-5-7-15(18)8-6-14)13-17(21)19-11-16-4-3-10-22-16/h1,3-8,10H,9,11-13H2,(H,19,21). The number of carbonyl (C=O) groups is 1. The van der Waals surface area contributed by atoms with Crippen LogP contribution in [0.3, 0.4) is 0 Å². The summed E-state index contributed by atoms with van der Waals surface area (Å²) in [6.07, 6.45) is 6.89. The molecule has 0 unspecified atom stereocenters. The maximum Gasteiger partial charge on any atom is 0.234 e. The molecule has 0 saturated carbocycles. The van der Waals surface area contributed by atoms with E-state index >= 15 is 0 Å². The topological polar surface area (TPSA) is 45.5 Å². The van der Waals surface area contributed by atoms with E-state index in [4.69, 9.17) is 10.8 Å². The molecule has 2 aromatic rings. The summed E-state index contributed by atoms with van der Waals surface area (Å²) >= 11 is 0. The van der Waals surface area contributed by atoms with Crippen LogP contribution in [0, 0.1) is 18.2 Å². The molecule has 1 amide bonds. The van der Waals surface area contributed by atoms with Gasteiger partial charge in [0.25, 0.3) is 0 Å². The van der Waals surface area contributed by atoms with Crippen molar-refractivity contribution >= 4 is 5.91 Å². The predicted molar refractivity (Wildman–Crippen MR) is 81.1 cm³/mol. The van der Waals surface area contributed by atoms with Gasteiger partial charge in [0.05, 0.1) is 25.9 Å². The van der Waals surface area contributed by atoms with E-state index in [-0.39, 0.29) is 18.3 Å². The Bertz CT molecular complexity index is 630. The molecule has 2 rings (SSSR count). The number of halogens is 1. The van der Waals surface area contributed by atoms with Crippen molar-refractivity contribution < 1.29 is 13.6 Å². The maximum absolute atomic E-state index is 12.9. The molecule has 114 valence electrons. The van der Waals surface area contributed by atoms with Crippen LogP contribution < -0.4 is 5.32 Å². The van der Waals surface area contributed by atoms with Crippen LogP contribution in [0.15, 0.2) is 47.1 Å². The SMILES string of the molecule is C#CCN(CC(=O)NCc1ccco1)Cc1ccc(F)cc1. The molecule has 0 radical (unpaired) electrons. The summed E-state index contributed by atoms with van der Waals surface area (Å²) in [6.45, 7) is 1.33. The fraction of sp³-hybridized carbons (Fsp3) is 0.235. The number of hydrogen-bond acceptors (Lipinski definition) is 3. The zero-order chi connectivity index (χ0) is 15.8. The first-order chi connectivity index (χ1) is 10.7. The number of terminal acetylenes is 1. The van der Waals surface area contributed by atoms with Gasteiger partial charge in [-0.1, -0.05) is 18.1 Å². The normalized spacial score (nSPS) is 10.4. The molecule has 1 heterocycles. The van der Waals surface area contributed by atoms with Crippen LogP contribution >= 0.6 is 0 Å². The summed E-state index contributed by atoms with van der Waals surface area (Å²) in [5.74, 6) is 2.78. The molecule has 1 aromatic carbocycles. The second-order valence-electron chi connectivity index (χ2n) is 4.83. The monoisotopic (exact) mass is 300 g/mol. The average molecular weight is 300 g/mol. The molecule has 1 N–H and O–H groups in total. The molecule has 0 aliphatic carbocycles. The lowest BCUT2D eigenvalue weighted by Gasteiger charge is -2.19. The van der Waals surface area contributed by atoms with E-state index in [0.717, 1.165) is 5.56 Å². The Labute approximate surface area is 128 Å². The molecule has 0 spiro atoms. The molecule has 5 heteroatoms. The Morgan fingerprint density at radius 3 is 2.73 bits per heavy atom. The maximum atomic E-state index is 12.9. The van der Waals surface area contributed by atoms with Crippen molar-refractivity contribution in [1.29, 1.82) is 0 Å². The Kier molecular flexibility index (Phi) is 5.75. The first-order valence-corrected chi connectivity index (χ1v) is 6.86. The Morgan fingerprint density at radius 2 is 2.09 bits per heavy atom. The lowest BCUT2D eigenvalue weighted by molar-refractivity contribution is -0.122. The summed E-state index contributed by atoms with van der Waals surface area (Å²) in [4.78, 5) is 13.8. The van der Waals surface area contributed by atoms with Crippen LogP contribution in [-0.4, -0.2) is 23.9 Å². The second-order valence-corrected chi connectivity index (χ2v) is 4.83. The molecule has 0 fully saturated rings. The van der Waals surface area contributed by atoms with E-state index in [1.54, 1.807) is 30.5 Å². The number of benzene rings is 1. The number of nitrogens with zero attached hydrogens (tertiary/aromatic N) is 1. The molecular formula is C17H17FN2O2. The molecule has 0 aliphatic heterocycles. The molecule has 0 aliphatic rings. The summed E-state index contributed by atoms with van der Waals surface area (Å²) in [5, 5.41) is 2.77. The van der Waals surface area contributed by atoms with E-state index in [1.807, 2.05) is 4.90 Å². The number of carbonyl (C=O) groups excluding carboxylic acids is 1. The van der Waals surface area contributed by atoms with Crippen LogP contribution in [-0.2, 0) is 17.9 Å². The predicted octanol–water partition coefficient (Wildman–Crippen LogP) is 2.17. The van der Waals surface area contributed by atoms with Gasteiger partial charge < -0.3 is 9.73 Å². The zero-order valence-corrected chi connectivity index (χ0v) is 12.1. The minimum atomic E-state index is -0.288. The van der Waals surface area contributed by atoms with E-state index in [2.05, 4.69) is 11.2 Å². The third-order valence-electron chi connectivity index (χ3n) is 3.04. The summed E-state index contributed by atoms with van der Waals surface area (Å²) < 4.78 is 18.0. The molecule has 0 saturated heterocycles. The minimum Gasteiger partial charge on any atom is -0.467 e. The highest BCUT2D eigenvalue weighted by Crippen LogP contribution is 2.06. The van der Waals surface area contributed by atoms with Gasteiger partial charge in [0.15, 0.2) is 0 Å². The third-order valence-corrected chi connectivity index (χ3v) is 3.04. The summed E-state index contributed by atoms with van der Waals surface area (Å²) in [7, 11) is 0. The van der Waals surface area contributed by atoms with E-state index in [0.29, 0.717) is 25.4 Å². The average Bonchev–Trinajstić information content (AvgIpc) is 3.01. The molecule has 22 heavy (non-hydrogen) atoms. The number of hydrogen-bond donors (Lipinski definition) is 1. The van der Waals surface area contributed by atoms with Gasteiger partial charge in [-0.25, -0.2) is 4.39 Å². The van der Waals surface area contributed by atoms with Crippen molar-refractivity contribution in [2.75, 3.05) is 13.1 Å². The first-order valence-electron chi connectivity index (χ1n) is 6.86. The van der Waals surface area contributed by atoms with E-state index < -0.39 is 0 Å². The first kappa shape index (κ1) is 15.8. The molecule has 0 bridgehead atoms.